The molecule has 100 valence electrons. The van der Waals surface area contributed by atoms with Crippen LogP contribution in [0, 0.1) is 12.7 Å². The first-order chi connectivity index (χ1) is 8.05. The maximum absolute atomic E-state index is 12.8. The normalized spacial score (nSPS) is 10.3. The van der Waals surface area contributed by atoms with Crippen LogP contribution < -0.4 is 5.73 Å². The SMILES string of the molecule is Cc1ccc(C(N)=O)c(F)c1.O=C(O)C(F)(F)F. The first-order valence-corrected chi connectivity index (χ1v) is 4.41. The molecule has 0 aromatic heterocycles. The van der Waals surface area contributed by atoms with Crippen LogP contribution in [0.15, 0.2) is 18.2 Å². The Morgan fingerprint density at radius 2 is 1.72 bits per heavy atom. The molecule has 0 radical (unpaired) electrons. The third-order valence-corrected chi connectivity index (χ3v) is 1.63. The highest BCUT2D eigenvalue weighted by Crippen LogP contribution is 2.13. The van der Waals surface area contributed by atoms with Gasteiger partial charge in [0.15, 0.2) is 0 Å². The number of rotatable bonds is 1. The third-order valence-electron chi connectivity index (χ3n) is 1.63. The number of amides is 1. The maximum Gasteiger partial charge on any atom is 0.490 e. The first-order valence-electron chi connectivity index (χ1n) is 4.41. The summed E-state index contributed by atoms with van der Waals surface area (Å²) in [6, 6.07) is 4.30. The molecule has 1 rings (SSSR count). The van der Waals surface area contributed by atoms with Gasteiger partial charge < -0.3 is 10.8 Å². The number of hydrogen-bond donors (Lipinski definition) is 2. The number of primary amides is 1. The molecule has 1 aromatic carbocycles. The van der Waals surface area contributed by atoms with E-state index in [1.807, 2.05) is 0 Å². The zero-order chi connectivity index (χ0) is 14.5. The van der Waals surface area contributed by atoms with Crippen LogP contribution in [0.4, 0.5) is 17.6 Å². The topological polar surface area (TPSA) is 80.4 Å². The second-order valence-corrected chi connectivity index (χ2v) is 3.15. The number of carboxylic acids is 1. The summed E-state index contributed by atoms with van der Waals surface area (Å²) in [5.41, 5.74) is 5.60. The van der Waals surface area contributed by atoms with Crippen molar-refractivity contribution < 1.29 is 32.3 Å². The molecule has 0 bridgehead atoms. The molecule has 18 heavy (non-hydrogen) atoms. The molecule has 3 N–H and O–H groups in total. The van der Waals surface area contributed by atoms with Crippen LogP contribution in [0.5, 0.6) is 0 Å². The minimum Gasteiger partial charge on any atom is -0.475 e. The predicted molar refractivity (Wildman–Crippen MR) is 53.3 cm³/mol. The van der Waals surface area contributed by atoms with Gasteiger partial charge in [-0.25, -0.2) is 9.18 Å². The van der Waals surface area contributed by atoms with E-state index >= 15 is 0 Å². The Kier molecular flexibility index (Phi) is 5.28. The van der Waals surface area contributed by atoms with Gasteiger partial charge in [-0.15, -0.1) is 0 Å². The van der Waals surface area contributed by atoms with Gasteiger partial charge in [0.05, 0.1) is 5.56 Å². The molecule has 0 aliphatic carbocycles. The van der Waals surface area contributed by atoms with Gasteiger partial charge in [-0.1, -0.05) is 6.07 Å². The van der Waals surface area contributed by atoms with Crippen molar-refractivity contribution in [2.24, 2.45) is 5.73 Å². The van der Waals surface area contributed by atoms with Gasteiger partial charge in [0, 0.05) is 0 Å². The summed E-state index contributed by atoms with van der Waals surface area (Å²) in [5.74, 6) is -4.05. The number of carboxylic acid groups (broad SMARTS) is 1. The lowest BCUT2D eigenvalue weighted by Gasteiger charge is -1.97. The van der Waals surface area contributed by atoms with Crippen LogP contribution >= 0.6 is 0 Å². The number of aryl methyl sites for hydroxylation is 1. The maximum atomic E-state index is 12.8. The molecule has 0 spiro atoms. The third kappa shape index (κ3) is 5.28. The van der Waals surface area contributed by atoms with E-state index in [4.69, 9.17) is 15.6 Å². The van der Waals surface area contributed by atoms with Crippen LogP contribution in [0.25, 0.3) is 0 Å². The molecule has 0 aliphatic rings. The van der Waals surface area contributed by atoms with E-state index in [2.05, 4.69) is 0 Å². The van der Waals surface area contributed by atoms with Crippen molar-refractivity contribution in [3.8, 4) is 0 Å². The molecule has 0 saturated heterocycles. The average Bonchev–Trinajstić information content (AvgIpc) is 2.15. The van der Waals surface area contributed by atoms with E-state index in [9.17, 15) is 22.4 Å². The summed E-state index contributed by atoms with van der Waals surface area (Å²) in [6.07, 6.45) is -5.08. The van der Waals surface area contributed by atoms with E-state index < -0.39 is 23.9 Å². The molecule has 4 nitrogen and oxygen atoms in total. The largest absolute Gasteiger partial charge is 0.490 e. The highest BCUT2D eigenvalue weighted by molar-refractivity contribution is 5.93. The lowest BCUT2D eigenvalue weighted by Crippen LogP contribution is -2.21. The lowest BCUT2D eigenvalue weighted by molar-refractivity contribution is -0.192. The highest BCUT2D eigenvalue weighted by Gasteiger charge is 2.38. The predicted octanol–water partition coefficient (Wildman–Crippen LogP) is 1.87. The van der Waals surface area contributed by atoms with Gasteiger partial charge in [-0.2, -0.15) is 13.2 Å². The van der Waals surface area contributed by atoms with Gasteiger partial charge in [0.2, 0.25) is 0 Å². The summed E-state index contributed by atoms with van der Waals surface area (Å²) >= 11 is 0. The highest BCUT2D eigenvalue weighted by atomic mass is 19.4. The van der Waals surface area contributed by atoms with E-state index in [0.29, 0.717) is 0 Å². The molecule has 0 fully saturated rings. The quantitative estimate of drug-likeness (QED) is 0.762. The van der Waals surface area contributed by atoms with E-state index in [1.54, 1.807) is 13.0 Å². The molecule has 8 heteroatoms. The van der Waals surface area contributed by atoms with E-state index in [0.717, 1.165) is 5.56 Å². The minimum atomic E-state index is -5.08. The number of halogens is 4. The summed E-state index contributed by atoms with van der Waals surface area (Å²) < 4.78 is 44.5. The zero-order valence-electron chi connectivity index (χ0n) is 9.08. The standard InChI is InChI=1S/C8H8FNO.C2HF3O2/c1-5-2-3-6(8(10)11)7(9)4-5;3-2(4,5)1(6)7/h2-4H,1H3,(H2,10,11);(H,6,7). The number of aliphatic carboxylic acids is 1. The molecular formula is C10H9F4NO3. The van der Waals surface area contributed by atoms with E-state index in [-0.39, 0.29) is 5.56 Å². The smallest absolute Gasteiger partial charge is 0.475 e. The van der Waals surface area contributed by atoms with Crippen molar-refractivity contribution in [2.75, 3.05) is 0 Å². The molecule has 1 aromatic rings. The Labute approximate surface area is 99.0 Å². The molecule has 0 saturated carbocycles. The summed E-state index contributed by atoms with van der Waals surface area (Å²) in [6.45, 7) is 1.74. The van der Waals surface area contributed by atoms with Crippen molar-refractivity contribution in [1.82, 2.24) is 0 Å². The van der Waals surface area contributed by atoms with Crippen LogP contribution in [-0.2, 0) is 4.79 Å². The van der Waals surface area contributed by atoms with Crippen molar-refractivity contribution in [2.45, 2.75) is 13.1 Å². The van der Waals surface area contributed by atoms with Crippen molar-refractivity contribution in [3.05, 3.63) is 35.1 Å². The molecule has 0 unspecified atom stereocenters. The monoisotopic (exact) mass is 267 g/mol. The Balaban J connectivity index is 0.000000360. The molecule has 0 aliphatic heterocycles. The number of carbonyl (C=O) groups is 2. The van der Waals surface area contributed by atoms with Gasteiger partial charge in [0.25, 0.3) is 5.91 Å². The first kappa shape index (κ1) is 15.9. The fraction of sp³-hybridized carbons (Fsp3) is 0.200. The summed E-state index contributed by atoms with van der Waals surface area (Å²) in [5, 5.41) is 7.12. The Morgan fingerprint density at radius 3 is 2.00 bits per heavy atom. The van der Waals surface area contributed by atoms with Crippen molar-refractivity contribution >= 4 is 11.9 Å². The van der Waals surface area contributed by atoms with Crippen molar-refractivity contribution in [3.63, 3.8) is 0 Å². The Morgan fingerprint density at radius 1 is 1.28 bits per heavy atom. The van der Waals surface area contributed by atoms with E-state index in [1.165, 1.54) is 12.1 Å². The van der Waals surface area contributed by atoms with Crippen LogP contribution in [0.3, 0.4) is 0 Å². The van der Waals surface area contributed by atoms with Crippen LogP contribution in [0.1, 0.15) is 15.9 Å². The summed E-state index contributed by atoms with van der Waals surface area (Å²) in [7, 11) is 0. The van der Waals surface area contributed by atoms with Gasteiger partial charge in [-0.3, -0.25) is 4.79 Å². The number of hydrogen-bond acceptors (Lipinski definition) is 2. The molecule has 0 atom stereocenters. The van der Waals surface area contributed by atoms with Crippen molar-refractivity contribution in [1.29, 1.82) is 0 Å². The second kappa shape index (κ2) is 5.99. The Bertz CT molecular complexity index is 457. The summed E-state index contributed by atoms with van der Waals surface area (Å²) in [4.78, 5) is 19.4. The average molecular weight is 267 g/mol. The Hall–Kier alpha value is -2.12. The number of carbonyl (C=O) groups excluding carboxylic acids is 1. The second-order valence-electron chi connectivity index (χ2n) is 3.15. The fourth-order valence-corrected chi connectivity index (χ4v) is 0.820. The van der Waals surface area contributed by atoms with Crippen LogP contribution in [0.2, 0.25) is 0 Å². The fourth-order valence-electron chi connectivity index (χ4n) is 0.820. The molecule has 0 heterocycles. The molecule has 1 amide bonds. The number of alkyl halides is 3. The van der Waals surface area contributed by atoms with Gasteiger partial charge in [-0.05, 0) is 24.6 Å². The van der Waals surface area contributed by atoms with Gasteiger partial charge in [0.1, 0.15) is 5.82 Å². The number of nitrogens with two attached hydrogens (primary N) is 1. The zero-order valence-corrected chi connectivity index (χ0v) is 9.08. The lowest BCUT2D eigenvalue weighted by atomic mass is 10.1. The number of benzene rings is 1. The minimum absolute atomic E-state index is 0.0596. The molecular weight excluding hydrogens is 258 g/mol. The van der Waals surface area contributed by atoms with Gasteiger partial charge >= 0.3 is 12.1 Å². The van der Waals surface area contributed by atoms with Crippen LogP contribution in [-0.4, -0.2) is 23.2 Å².